The number of rotatable bonds is 7. The average molecular weight is 381 g/mol. The fourth-order valence-corrected chi connectivity index (χ4v) is 3.51. The minimum Gasteiger partial charge on any atom is -0.369 e. The van der Waals surface area contributed by atoms with Crippen molar-refractivity contribution in [1.82, 2.24) is 20.5 Å². The summed E-state index contributed by atoms with van der Waals surface area (Å²) in [6.07, 6.45) is 2.72. The van der Waals surface area contributed by atoms with Gasteiger partial charge in [-0.15, -0.1) is 0 Å². The van der Waals surface area contributed by atoms with Gasteiger partial charge in [0, 0.05) is 76.4 Å². The molecule has 0 saturated carbocycles. The third-order valence-corrected chi connectivity index (χ3v) is 5.25. The Hall–Kier alpha value is -2.60. The fourth-order valence-electron chi connectivity index (χ4n) is 3.51. The number of para-hydroxylation sites is 1. The first-order valence-corrected chi connectivity index (χ1v) is 10.1. The van der Waals surface area contributed by atoms with Crippen LogP contribution in [-0.2, 0) is 6.42 Å². The van der Waals surface area contributed by atoms with Crippen molar-refractivity contribution in [3.05, 3.63) is 60.4 Å². The van der Waals surface area contributed by atoms with Crippen LogP contribution in [0, 0.1) is 0 Å². The van der Waals surface area contributed by atoms with Crippen molar-refractivity contribution in [2.75, 3.05) is 51.2 Å². The van der Waals surface area contributed by atoms with E-state index in [0.717, 1.165) is 57.3 Å². The second kappa shape index (κ2) is 10.7. The van der Waals surface area contributed by atoms with Crippen LogP contribution in [-0.4, -0.2) is 68.2 Å². The van der Waals surface area contributed by atoms with Crippen LogP contribution in [0.2, 0.25) is 0 Å². The smallest absolute Gasteiger partial charge is 0.191 e. The molecule has 3 rings (SSSR count). The van der Waals surface area contributed by atoms with E-state index in [9.17, 15) is 0 Å². The molecule has 0 spiro atoms. The summed E-state index contributed by atoms with van der Waals surface area (Å²) in [4.78, 5) is 13.7. The van der Waals surface area contributed by atoms with Crippen molar-refractivity contribution < 1.29 is 0 Å². The number of anilines is 1. The normalized spacial score (nSPS) is 16.6. The molecule has 0 bridgehead atoms. The van der Waals surface area contributed by atoms with E-state index in [0.29, 0.717) is 6.04 Å². The zero-order valence-corrected chi connectivity index (χ0v) is 17.0. The lowest BCUT2D eigenvalue weighted by atomic mass is 10.2. The summed E-state index contributed by atoms with van der Waals surface area (Å²) in [5.74, 6) is 0.853. The van der Waals surface area contributed by atoms with E-state index < -0.39 is 0 Å². The molecule has 0 amide bonds. The third-order valence-electron chi connectivity index (χ3n) is 5.25. The Balaban J connectivity index is 1.36. The molecular weight excluding hydrogens is 348 g/mol. The summed E-state index contributed by atoms with van der Waals surface area (Å²) in [7, 11) is 1.82. The maximum atomic E-state index is 4.35. The van der Waals surface area contributed by atoms with Gasteiger partial charge in [-0.1, -0.05) is 24.3 Å². The summed E-state index contributed by atoms with van der Waals surface area (Å²) in [5.41, 5.74) is 2.42. The summed E-state index contributed by atoms with van der Waals surface area (Å²) in [6, 6.07) is 17.2. The zero-order chi connectivity index (χ0) is 19.6. The zero-order valence-electron chi connectivity index (χ0n) is 17.0. The standard InChI is InChI=1S/C22H32N6/c1-19(27-14-16-28(17-15-27)21-9-4-3-5-10-21)18-26-22(23-2)25-13-11-20-8-6-7-12-24-20/h3-10,12,19H,11,13-18H2,1-2H3,(H2,23,25,26). The van der Waals surface area contributed by atoms with Crippen LogP contribution in [0.3, 0.4) is 0 Å². The molecule has 6 nitrogen and oxygen atoms in total. The predicted octanol–water partition coefficient (Wildman–Crippen LogP) is 2.00. The molecule has 1 aromatic carbocycles. The Labute approximate surface area is 168 Å². The number of benzene rings is 1. The molecule has 1 fully saturated rings. The van der Waals surface area contributed by atoms with Crippen molar-refractivity contribution in [3.63, 3.8) is 0 Å². The lowest BCUT2D eigenvalue weighted by molar-refractivity contribution is 0.197. The van der Waals surface area contributed by atoms with Crippen LogP contribution in [0.15, 0.2) is 59.7 Å². The Morgan fingerprint density at radius 3 is 2.46 bits per heavy atom. The Morgan fingerprint density at radius 2 is 1.79 bits per heavy atom. The SMILES string of the molecule is CN=C(NCCc1ccccn1)NCC(C)N1CCN(c2ccccc2)CC1. The molecule has 1 aliphatic heterocycles. The largest absolute Gasteiger partial charge is 0.369 e. The summed E-state index contributed by atoms with van der Waals surface area (Å²) in [6.45, 7) is 8.31. The van der Waals surface area contributed by atoms with Crippen molar-refractivity contribution in [1.29, 1.82) is 0 Å². The van der Waals surface area contributed by atoms with Gasteiger partial charge in [0.25, 0.3) is 0 Å². The highest BCUT2D eigenvalue weighted by Gasteiger charge is 2.21. The number of nitrogens with zero attached hydrogens (tertiary/aromatic N) is 4. The van der Waals surface area contributed by atoms with E-state index in [1.165, 1.54) is 5.69 Å². The summed E-state index contributed by atoms with van der Waals surface area (Å²) in [5, 5.41) is 6.84. The Morgan fingerprint density at radius 1 is 1.04 bits per heavy atom. The van der Waals surface area contributed by atoms with Crippen molar-refractivity contribution in [2.45, 2.75) is 19.4 Å². The molecule has 6 heteroatoms. The van der Waals surface area contributed by atoms with Crippen LogP contribution < -0.4 is 15.5 Å². The quantitative estimate of drug-likeness (QED) is 0.568. The number of hydrogen-bond acceptors (Lipinski definition) is 4. The summed E-state index contributed by atoms with van der Waals surface area (Å²) < 4.78 is 0. The van der Waals surface area contributed by atoms with E-state index in [-0.39, 0.29) is 0 Å². The van der Waals surface area contributed by atoms with Crippen LogP contribution in [0.25, 0.3) is 0 Å². The van der Waals surface area contributed by atoms with Gasteiger partial charge in [-0.3, -0.25) is 14.9 Å². The highest BCUT2D eigenvalue weighted by Crippen LogP contribution is 2.16. The number of piperazine rings is 1. The molecular formula is C22H32N6. The first-order chi connectivity index (χ1) is 13.8. The number of pyridine rings is 1. The topological polar surface area (TPSA) is 55.8 Å². The molecule has 1 atom stereocenters. The maximum Gasteiger partial charge on any atom is 0.191 e. The summed E-state index contributed by atoms with van der Waals surface area (Å²) >= 11 is 0. The van der Waals surface area contributed by atoms with Crippen molar-refractivity contribution in [3.8, 4) is 0 Å². The minimum atomic E-state index is 0.465. The Kier molecular flexibility index (Phi) is 7.67. The predicted molar refractivity (Wildman–Crippen MR) is 117 cm³/mol. The van der Waals surface area contributed by atoms with Crippen LogP contribution >= 0.6 is 0 Å². The molecule has 0 radical (unpaired) electrons. The van der Waals surface area contributed by atoms with Gasteiger partial charge >= 0.3 is 0 Å². The van der Waals surface area contributed by atoms with Gasteiger partial charge in [-0.25, -0.2) is 0 Å². The molecule has 1 aromatic heterocycles. The lowest BCUT2D eigenvalue weighted by Gasteiger charge is -2.39. The number of nitrogens with one attached hydrogen (secondary N) is 2. The van der Waals surface area contributed by atoms with Gasteiger partial charge in [-0.2, -0.15) is 0 Å². The number of guanidine groups is 1. The maximum absolute atomic E-state index is 4.35. The molecule has 1 saturated heterocycles. The molecule has 2 N–H and O–H groups in total. The molecule has 2 aromatic rings. The molecule has 1 unspecified atom stereocenters. The van der Waals surface area contributed by atoms with Crippen molar-refractivity contribution >= 4 is 11.6 Å². The second-order valence-electron chi connectivity index (χ2n) is 7.16. The molecule has 0 aliphatic carbocycles. The van der Waals surface area contributed by atoms with Crippen LogP contribution in [0.5, 0.6) is 0 Å². The Bertz CT molecular complexity index is 710. The molecule has 28 heavy (non-hydrogen) atoms. The molecule has 1 aliphatic rings. The fraction of sp³-hybridized carbons (Fsp3) is 0.455. The van der Waals surface area contributed by atoms with Gasteiger partial charge < -0.3 is 15.5 Å². The van der Waals surface area contributed by atoms with Crippen LogP contribution in [0.1, 0.15) is 12.6 Å². The first-order valence-electron chi connectivity index (χ1n) is 10.1. The number of aliphatic imine (C=N–C) groups is 1. The third kappa shape index (κ3) is 5.96. The van der Waals surface area contributed by atoms with Gasteiger partial charge in [0.05, 0.1) is 0 Å². The second-order valence-corrected chi connectivity index (χ2v) is 7.16. The average Bonchev–Trinajstić information content (AvgIpc) is 2.77. The van der Waals surface area contributed by atoms with E-state index in [1.54, 1.807) is 0 Å². The first kappa shape index (κ1) is 20.1. The van der Waals surface area contributed by atoms with E-state index in [1.807, 2.05) is 25.4 Å². The molecule has 2 heterocycles. The molecule has 150 valence electrons. The van der Waals surface area contributed by atoms with Gasteiger partial charge in [0.1, 0.15) is 0 Å². The lowest BCUT2D eigenvalue weighted by Crippen LogP contribution is -2.53. The van der Waals surface area contributed by atoms with Gasteiger partial charge in [-0.05, 0) is 31.2 Å². The van der Waals surface area contributed by atoms with E-state index >= 15 is 0 Å². The van der Waals surface area contributed by atoms with Gasteiger partial charge in [0.2, 0.25) is 0 Å². The van der Waals surface area contributed by atoms with Gasteiger partial charge in [0.15, 0.2) is 5.96 Å². The number of aromatic nitrogens is 1. The van der Waals surface area contributed by atoms with Crippen LogP contribution in [0.4, 0.5) is 5.69 Å². The highest BCUT2D eigenvalue weighted by atomic mass is 15.3. The highest BCUT2D eigenvalue weighted by molar-refractivity contribution is 5.79. The van der Waals surface area contributed by atoms with Crippen molar-refractivity contribution in [2.24, 2.45) is 4.99 Å². The monoisotopic (exact) mass is 380 g/mol. The minimum absolute atomic E-state index is 0.465. The number of hydrogen-bond donors (Lipinski definition) is 2. The van der Waals surface area contributed by atoms with E-state index in [4.69, 9.17) is 0 Å². The van der Waals surface area contributed by atoms with E-state index in [2.05, 4.69) is 73.7 Å².